The first-order valence-corrected chi connectivity index (χ1v) is 9.37. The van der Waals surface area contributed by atoms with E-state index >= 15 is 0 Å². The number of carbonyl (C=O) groups is 1. The molecule has 1 aromatic carbocycles. The van der Waals surface area contributed by atoms with E-state index in [2.05, 4.69) is 11.4 Å². The van der Waals surface area contributed by atoms with Crippen LogP contribution in [0.3, 0.4) is 0 Å². The predicted molar refractivity (Wildman–Crippen MR) is 86.3 cm³/mol. The van der Waals surface area contributed by atoms with E-state index in [9.17, 15) is 13.2 Å². The van der Waals surface area contributed by atoms with E-state index in [1.165, 1.54) is 0 Å². The van der Waals surface area contributed by atoms with Crippen molar-refractivity contribution in [1.82, 2.24) is 10.2 Å². The molecule has 1 aromatic rings. The molecule has 7 heteroatoms. The number of hydrogen-bond acceptors (Lipinski definition) is 5. The van der Waals surface area contributed by atoms with Gasteiger partial charge in [0.15, 0.2) is 9.84 Å². The van der Waals surface area contributed by atoms with Gasteiger partial charge in [-0.1, -0.05) is 18.2 Å². The summed E-state index contributed by atoms with van der Waals surface area (Å²) in [4.78, 5) is 13.9. The number of nitrogens with zero attached hydrogens (tertiary/aromatic N) is 2. The number of benzene rings is 1. The zero-order valence-electron chi connectivity index (χ0n) is 12.9. The van der Waals surface area contributed by atoms with Crippen LogP contribution in [0, 0.1) is 11.3 Å². The molecule has 23 heavy (non-hydrogen) atoms. The summed E-state index contributed by atoms with van der Waals surface area (Å²) < 4.78 is 24.2. The molecular weight excluding hydrogens is 314 g/mol. The highest BCUT2D eigenvalue weighted by Crippen LogP contribution is 2.16. The molecule has 6 nitrogen and oxygen atoms in total. The summed E-state index contributed by atoms with van der Waals surface area (Å²) >= 11 is 0. The maximum atomic E-state index is 12.1. The normalized spacial score (nSPS) is 17.9. The molecule has 1 saturated heterocycles. The third kappa shape index (κ3) is 4.78. The molecule has 0 radical (unpaired) electrons. The summed E-state index contributed by atoms with van der Waals surface area (Å²) in [7, 11) is -3.27. The molecule has 0 unspecified atom stereocenters. The molecule has 1 fully saturated rings. The van der Waals surface area contributed by atoms with Gasteiger partial charge in [0.2, 0.25) is 5.91 Å². The average molecular weight is 335 g/mol. The van der Waals surface area contributed by atoms with Crippen molar-refractivity contribution in [2.75, 3.05) is 25.4 Å². The molecular formula is C16H21N3O3S. The minimum absolute atomic E-state index is 0.0444. The molecule has 1 aliphatic heterocycles. The molecule has 0 spiro atoms. The van der Waals surface area contributed by atoms with Crippen LogP contribution in [-0.4, -0.2) is 50.7 Å². The van der Waals surface area contributed by atoms with Crippen LogP contribution in [0.4, 0.5) is 0 Å². The third-order valence-corrected chi connectivity index (χ3v) is 5.68. The van der Waals surface area contributed by atoms with E-state index in [1.54, 1.807) is 35.2 Å². The number of carbonyl (C=O) groups excluding carboxylic acids is 1. The molecule has 0 saturated carbocycles. The lowest BCUT2D eigenvalue weighted by Gasteiger charge is -2.19. The van der Waals surface area contributed by atoms with Crippen LogP contribution in [0.15, 0.2) is 35.2 Å². The quantitative estimate of drug-likeness (QED) is 0.749. The molecule has 1 aliphatic rings. The summed E-state index contributed by atoms with van der Waals surface area (Å²) in [6.45, 7) is 1.22. The van der Waals surface area contributed by atoms with Gasteiger partial charge in [-0.05, 0) is 37.9 Å². The Balaban J connectivity index is 1.70. The van der Waals surface area contributed by atoms with Gasteiger partial charge < -0.3 is 10.2 Å². The van der Waals surface area contributed by atoms with Gasteiger partial charge in [0.1, 0.15) is 6.04 Å². The lowest BCUT2D eigenvalue weighted by molar-refractivity contribution is -0.130. The summed E-state index contributed by atoms with van der Waals surface area (Å²) in [5, 5.41) is 11.9. The van der Waals surface area contributed by atoms with E-state index in [4.69, 9.17) is 5.26 Å². The number of amides is 1. The minimum Gasteiger partial charge on any atom is -0.326 e. The van der Waals surface area contributed by atoms with E-state index < -0.39 is 9.84 Å². The Morgan fingerprint density at radius 3 is 2.78 bits per heavy atom. The highest BCUT2D eigenvalue weighted by molar-refractivity contribution is 7.91. The summed E-state index contributed by atoms with van der Waals surface area (Å²) in [6, 6.07) is 10.2. The maximum Gasteiger partial charge on any atom is 0.237 e. The van der Waals surface area contributed by atoms with Gasteiger partial charge in [0.05, 0.1) is 23.3 Å². The molecule has 0 aliphatic carbocycles. The van der Waals surface area contributed by atoms with Crippen molar-refractivity contribution in [3.05, 3.63) is 30.3 Å². The molecule has 0 aromatic heterocycles. The zero-order chi connectivity index (χ0) is 16.7. The highest BCUT2D eigenvalue weighted by Gasteiger charge is 2.27. The van der Waals surface area contributed by atoms with Crippen LogP contribution in [-0.2, 0) is 14.6 Å². The minimum atomic E-state index is -3.27. The molecule has 1 amide bonds. The van der Waals surface area contributed by atoms with Crippen LogP contribution in [0.25, 0.3) is 0 Å². The SMILES string of the molecule is N#C[C@@H]1CCCN1C(=O)CNCCCS(=O)(=O)c1ccccc1. The van der Waals surface area contributed by atoms with Crippen LogP contribution in [0.1, 0.15) is 19.3 Å². The van der Waals surface area contributed by atoms with Crippen molar-refractivity contribution in [3.63, 3.8) is 0 Å². The van der Waals surface area contributed by atoms with E-state index in [0.29, 0.717) is 24.4 Å². The number of likely N-dealkylation sites (tertiary alicyclic amines) is 1. The summed E-state index contributed by atoms with van der Waals surface area (Å²) in [5.41, 5.74) is 0. The number of nitriles is 1. The number of rotatable bonds is 7. The fourth-order valence-electron chi connectivity index (χ4n) is 2.63. The van der Waals surface area contributed by atoms with Gasteiger partial charge in [-0.3, -0.25) is 4.79 Å². The van der Waals surface area contributed by atoms with E-state index in [1.807, 2.05) is 0 Å². The van der Waals surface area contributed by atoms with Gasteiger partial charge in [-0.2, -0.15) is 5.26 Å². The van der Waals surface area contributed by atoms with Crippen molar-refractivity contribution in [3.8, 4) is 6.07 Å². The van der Waals surface area contributed by atoms with Crippen molar-refractivity contribution < 1.29 is 13.2 Å². The maximum absolute atomic E-state index is 12.1. The predicted octanol–water partition coefficient (Wildman–Crippen LogP) is 0.955. The molecule has 1 atom stereocenters. The first kappa shape index (κ1) is 17.4. The Hall–Kier alpha value is -1.91. The van der Waals surface area contributed by atoms with Crippen LogP contribution in [0.2, 0.25) is 0 Å². The topological polar surface area (TPSA) is 90.3 Å². The Kier molecular flexibility index (Phi) is 6.13. The van der Waals surface area contributed by atoms with Crippen molar-refractivity contribution >= 4 is 15.7 Å². The van der Waals surface area contributed by atoms with Gasteiger partial charge in [-0.15, -0.1) is 0 Å². The van der Waals surface area contributed by atoms with Crippen molar-refractivity contribution in [1.29, 1.82) is 5.26 Å². The molecule has 124 valence electrons. The van der Waals surface area contributed by atoms with Crippen LogP contribution >= 0.6 is 0 Å². The fraction of sp³-hybridized carbons (Fsp3) is 0.500. The van der Waals surface area contributed by atoms with Crippen molar-refractivity contribution in [2.24, 2.45) is 0 Å². The Morgan fingerprint density at radius 2 is 2.09 bits per heavy atom. The summed E-state index contributed by atoms with van der Waals surface area (Å²) in [6.07, 6.45) is 2.03. The van der Waals surface area contributed by atoms with Crippen LogP contribution in [0.5, 0.6) is 0 Å². The fourth-order valence-corrected chi connectivity index (χ4v) is 3.96. The zero-order valence-corrected chi connectivity index (χ0v) is 13.8. The van der Waals surface area contributed by atoms with Gasteiger partial charge in [-0.25, -0.2) is 8.42 Å². The molecule has 0 bridgehead atoms. The van der Waals surface area contributed by atoms with E-state index in [-0.39, 0.29) is 24.2 Å². The van der Waals surface area contributed by atoms with Gasteiger partial charge >= 0.3 is 0 Å². The largest absolute Gasteiger partial charge is 0.326 e. The number of sulfone groups is 1. The molecule has 2 rings (SSSR count). The third-order valence-electron chi connectivity index (χ3n) is 3.87. The van der Waals surface area contributed by atoms with Crippen LogP contribution < -0.4 is 5.32 Å². The van der Waals surface area contributed by atoms with Gasteiger partial charge in [0.25, 0.3) is 0 Å². The smallest absolute Gasteiger partial charge is 0.237 e. The summed E-state index contributed by atoms with van der Waals surface area (Å²) in [5.74, 6) is -0.0529. The Morgan fingerprint density at radius 1 is 1.35 bits per heavy atom. The van der Waals surface area contributed by atoms with E-state index in [0.717, 1.165) is 12.8 Å². The number of nitrogens with one attached hydrogen (secondary N) is 1. The second-order valence-electron chi connectivity index (χ2n) is 5.54. The Labute approximate surface area is 137 Å². The first-order chi connectivity index (χ1) is 11.0. The monoisotopic (exact) mass is 335 g/mol. The second-order valence-corrected chi connectivity index (χ2v) is 7.65. The molecule has 1 N–H and O–H groups in total. The lowest BCUT2D eigenvalue weighted by Crippen LogP contribution is -2.40. The first-order valence-electron chi connectivity index (χ1n) is 7.72. The second kappa shape index (κ2) is 8.09. The average Bonchev–Trinajstić information content (AvgIpc) is 3.04. The molecule has 1 heterocycles. The van der Waals surface area contributed by atoms with Gasteiger partial charge in [0, 0.05) is 6.54 Å². The highest BCUT2D eigenvalue weighted by atomic mass is 32.2. The standard InChI is InChI=1S/C16H21N3O3S/c17-12-14-6-4-10-19(14)16(20)13-18-9-5-11-23(21,22)15-7-2-1-3-8-15/h1-3,7-8,14,18H,4-6,9-11,13H2/t14-/m0/s1. The van der Waals surface area contributed by atoms with Crippen molar-refractivity contribution in [2.45, 2.75) is 30.2 Å². The number of hydrogen-bond donors (Lipinski definition) is 1. The lowest BCUT2D eigenvalue weighted by atomic mass is 10.2. The Bertz CT molecular complexity index is 668.